The number of hydrogen-bond donors (Lipinski definition) is 1. The van der Waals surface area contributed by atoms with Crippen molar-refractivity contribution in [2.24, 2.45) is 0 Å². The molecule has 2 heterocycles. The number of para-hydroxylation sites is 1. The molecule has 0 aliphatic rings. The Kier molecular flexibility index (Phi) is 4.97. The number of rotatable bonds is 6. The van der Waals surface area contributed by atoms with E-state index < -0.39 is 0 Å². The number of benzene rings is 1. The first-order valence-electron chi connectivity index (χ1n) is 8.46. The van der Waals surface area contributed by atoms with E-state index >= 15 is 0 Å². The van der Waals surface area contributed by atoms with Crippen LogP contribution in [0.3, 0.4) is 0 Å². The molecule has 1 aromatic carbocycles. The summed E-state index contributed by atoms with van der Waals surface area (Å²) in [6, 6.07) is 9.49. The van der Waals surface area contributed by atoms with Crippen molar-refractivity contribution in [2.45, 2.75) is 39.3 Å². The zero-order valence-electron chi connectivity index (χ0n) is 14.8. The Balaban J connectivity index is 1.72. The van der Waals surface area contributed by atoms with E-state index in [-0.39, 0.29) is 17.9 Å². The lowest BCUT2D eigenvalue weighted by Crippen LogP contribution is -2.31. The van der Waals surface area contributed by atoms with Gasteiger partial charge in [0, 0.05) is 37.3 Å². The first-order valence-corrected chi connectivity index (χ1v) is 8.46. The number of carbonyl (C=O) groups excluding carboxylic acids is 1. The van der Waals surface area contributed by atoms with Gasteiger partial charge in [0.25, 0.3) is 0 Å². The highest BCUT2D eigenvalue weighted by atomic mass is 16.2. The molecule has 1 unspecified atom stereocenters. The van der Waals surface area contributed by atoms with E-state index in [4.69, 9.17) is 0 Å². The fourth-order valence-electron chi connectivity index (χ4n) is 2.85. The predicted octanol–water partition coefficient (Wildman–Crippen LogP) is 3.07. The number of carbonyl (C=O) groups is 1. The van der Waals surface area contributed by atoms with Crippen molar-refractivity contribution in [1.82, 2.24) is 24.6 Å². The van der Waals surface area contributed by atoms with Crippen molar-refractivity contribution in [3.8, 4) is 5.69 Å². The number of hydrogen-bond acceptors (Lipinski definition) is 3. The molecule has 6 nitrogen and oxygen atoms in total. The average Bonchev–Trinajstić information content (AvgIpc) is 3.30. The molecular formula is C19H23N5O. The Morgan fingerprint density at radius 1 is 1.12 bits per heavy atom. The second-order valence-electron chi connectivity index (χ2n) is 6.32. The molecule has 0 saturated carbocycles. The van der Waals surface area contributed by atoms with E-state index in [0.717, 1.165) is 17.1 Å². The summed E-state index contributed by atoms with van der Waals surface area (Å²) in [6.45, 7) is 6.49. The molecule has 1 atom stereocenters. The summed E-state index contributed by atoms with van der Waals surface area (Å²) in [4.78, 5) is 17.0. The zero-order chi connectivity index (χ0) is 17.8. The standard InChI is InChI=1S/C19H23N5O/c1-14(2)18-20-10-12-23(18)15(3)19(25)21-13-16-7-4-5-8-17(16)24-11-6-9-22-24/h4-12,14-15H,13H2,1-3H3,(H,21,25). The van der Waals surface area contributed by atoms with Gasteiger partial charge in [-0.3, -0.25) is 4.79 Å². The monoisotopic (exact) mass is 337 g/mol. The second-order valence-corrected chi connectivity index (χ2v) is 6.32. The van der Waals surface area contributed by atoms with Crippen molar-refractivity contribution < 1.29 is 4.79 Å². The van der Waals surface area contributed by atoms with Crippen LogP contribution in [0.4, 0.5) is 0 Å². The smallest absolute Gasteiger partial charge is 0.243 e. The third-order valence-corrected chi connectivity index (χ3v) is 4.21. The maximum absolute atomic E-state index is 12.6. The minimum atomic E-state index is -0.309. The second kappa shape index (κ2) is 7.34. The molecule has 25 heavy (non-hydrogen) atoms. The molecule has 3 rings (SSSR count). The van der Waals surface area contributed by atoms with Gasteiger partial charge >= 0.3 is 0 Å². The van der Waals surface area contributed by atoms with Gasteiger partial charge in [0.1, 0.15) is 11.9 Å². The molecule has 130 valence electrons. The van der Waals surface area contributed by atoms with Gasteiger partial charge < -0.3 is 9.88 Å². The van der Waals surface area contributed by atoms with E-state index in [1.165, 1.54) is 0 Å². The third kappa shape index (κ3) is 3.63. The summed E-state index contributed by atoms with van der Waals surface area (Å²) < 4.78 is 3.73. The van der Waals surface area contributed by atoms with Gasteiger partial charge in [0.15, 0.2) is 0 Å². The van der Waals surface area contributed by atoms with E-state index in [2.05, 4.69) is 29.2 Å². The maximum atomic E-state index is 12.6. The third-order valence-electron chi connectivity index (χ3n) is 4.21. The lowest BCUT2D eigenvalue weighted by Gasteiger charge is -2.18. The normalized spacial score (nSPS) is 12.3. The van der Waals surface area contributed by atoms with Crippen molar-refractivity contribution in [2.75, 3.05) is 0 Å². The molecule has 0 radical (unpaired) electrons. The number of nitrogens with zero attached hydrogens (tertiary/aromatic N) is 4. The summed E-state index contributed by atoms with van der Waals surface area (Å²) in [5, 5.41) is 7.30. The van der Waals surface area contributed by atoms with Crippen LogP contribution in [-0.2, 0) is 11.3 Å². The van der Waals surface area contributed by atoms with Crippen LogP contribution in [0.5, 0.6) is 0 Å². The van der Waals surface area contributed by atoms with Crippen molar-refractivity contribution >= 4 is 5.91 Å². The maximum Gasteiger partial charge on any atom is 0.243 e. The Bertz CT molecular complexity index is 835. The SMILES string of the molecule is CC(C)c1nccn1C(C)C(=O)NCc1ccccc1-n1cccn1. The fraction of sp³-hybridized carbons (Fsp3) is 0.316. The molecule has 0 aliphatic heterocycles. The fourth-order valence-corrected chi connectivity index (χ4v) is 2.85. The number of imidazole rings is 1. The molecule has 2 aromatic heterocycles. The summed E-state index contributed by atoms with van der Waals surface area (Å²) in [5.74, 6) is 1.15. The van der Waals surface area contributed by atoms with Crippen LogP contribution in [0.2, 0.25) is 0 Å². The molecule has 3 aromatic rings. The summed E-state index contributed by atoms with van der Waals surface area (Å²) in [7, 11) is 0. The van der Waals surface area contributed by atoms with Gasteiger partial charge in [0.2, 0.25) is 5.91 Å². The largest absolute Gasteiger partial charge is 0.350 e. The average molecular weight is 337 g/mol. The molecule has 1 amide bonds. The van der Waals surface area contributed by atoms with Crippen LogP contribution in [0.15, 0.2) is 55.1 Å². The molecule has 0 aliphatic carbocycles. The Morgan fingerprint density at radius 2 is 1.92 bits per heavy atom. The van der Waals surface area contributed by atoms with E-state index in [9.17, 15) is 4.79 Å². The van der Waals surface area contributed by atoms with Crippen LogP contribution < -0.4 is 5.32 Å². The lowest BCUT2D eigenvalue weighted by atomic mass is 10.1. The zero-order valence-corrected chi connectivity index (χ0v) is 14.8. The number of amides is 1. The van der Waals surface area contributed by atoms with Crippen molar-refractivity contribution in [3.05, 3.63) is 66.5 Å². The number of aromatic nitrogens is 4. The first kappa shape index (κ1) is 17.0. The van der Waals surface area contributed by atoms with Gasteiger partial charge in [-0.1, -0.05) is 32.0 Å². The first-order chi connectivity index (χ1) is 12.1. The van der Waals surface area contributed by atoms with E-state index in [1.807, 2.05) is 54.2 Å². The highest BCUT2D eigenvalue weighted by molar-refractivity contribution is 5.80. The molecule has 0 saturated heterocycles. The van der Waals surface area contributed by atoms with Gasteiger partial charge in [-0.2, -0.15) is 5.10 Å². The molecule has 6 heteroatoms. The minimum Gasteiger partial charge on any atom is -0.350 e. The Morgan fingerprint density at radius 3 is 2.64 bits per heavy atom. The van der Waals surface area contributed by atoms with Gasteiger partial charge in [0.05, 0.1) is 5.69 Å². The highest BCUT2D eigenvalue weighted by Crippen LogP contribution is 2.18. The van der Waals surface area contributed by atoms with Crippen LogP contribution in [0, 0.1) is 0 Å². The molecule has 1 N–H and O–H groups in total. The molecule has 0 bridgehead atoms. The van der Waals surface area contributed by atoms with Crippen LogP contribution in [-0.4, -0.2) is 25.2 Å². The molecule has 0 spiro atoms. The summed E-state index contributed by atoms with van der Waals surface area (Å²) in [5.41, 5.74) is 1.98. The van der Waals surface area contributed by atoms with Gasteiger partial charge in [-0.25, -0.2) is 9.67 Å². The molecular weight excluding hydrogens is 314 g/mol. The van der Waals surface area contributed by atoms with Crippen LogP contribution in [0.1, 0.15) is 44.1 Å². The molecule has 0 fully saturated rings. The highest BCUT2D eigenvalue weighted by Gasteiger charge is 2.19. The van der Waals surface area contributed by atoms with E-state index in [0.29, 0.717) is 6.54 Å². The lowest BCUT2D eigenvalue weighted by molar-refractivity contribution is -0.124. The van der Waals surface area contributed by atoms with Crippen molar-refractivity contribution in [3.63, 3.8) is 0 Å². The van der Waals surface area contributed by atoms with Crippen LogP contribution >= 0.6 is 0 Å². The topological polar surface area (TPSA) is 64.7 Å². The Hall–Kier alpha value is -2.89. The predicted molar refractivity (Wildman–Crippen MR) is 96.4 cm³/mol. The minimum absolute atomic E-state index is 0.0323. The van der Waals surface area contributed by atoms with Gasteiger partial charge in [-0.15, -0.1) is 0 Å². The van der Waals surface area contributed by atoms with Crippen LogP contribution in [0.25, 0.3) is 5.69 Å². The van der Waals surface area contributed by atoms with E-state index in [1.54, 1.807) is 17.1 Å². The van der Waals surface area contributed by atoms with Gasteiger partial charge in [-0.05, 0) is 24.6 Å². The Labute approximate surface area is 147 Å². The summed E-state index contributed by atoms with van der Waals surface area (Å²) in [6.07, 6.45) is 7.23. The van der Waals surface area contributed by atoms with Crippen molar-refractivity contribution in [1.29, 1.82) is 0 Å². The quantitative estimate of drug-likeness (QED) is 0.752. The number of nitrogens with one attached hydrogen (secondary N) is 1. The summed E-state index contributed by atoms with van der Waals surface area (Å²) >= 11 is 0.